The van der Waals surface area contributed by atoms with Gasteiger partial charge in [0.05, 0.1) is 5.69 Å². The molecule has 0 saturated carbocycles. The largest absolute Gasteiger partial charge is 0.388 e. The molecule has 1 aliphatic heterocycles. The van der Waals surface area contributed by atoms with E-state index in [0.717, 1.165) is 31.6 Å². The van der Waals surface area contributed by atoms with Crippen molar-refractivity contribution in [2.24, 2.45) is 0 Å². The van der Waals surface area contributed by atoms with Gasteiger partial charge in [-0.05, 0) is 55.6 Å². The number of benzene rings is 1. The lowest BCUT2D eigenvalue weighted by molar-refractivity contribution is 0.458. The Balaban J connectivity index is 1.73. The van der Waals surface area contributed by atoms with Crippen LogP contribution in [0.2, 0.25) is 0 Å². The summed E-state index contributed by atoms with van der Waals surface area (Å²) in [5.74, 6) is 0.839. The minimum absolute atomic E-state index is 0.281. The second kappa shape index (κ2) is 6.20. The normalized spacial score (nSPS) is 15.8. The number of fused-ring (bicyclic) bond motifs is 1. The van der Waals surface area contributed by atoms with E-state index in [1.165, 1.54) is 11.6 Å². The van der Waals surface area contributed by atoms with Crippen molar-refractivity contribution in [1.29, 1.82) is 0 Å². The Morgan fingerprint density at radius 1 is 1.25 bits per heavy atom. The highest BCUT2D eigenvalue weighted by atomic mass is 19.1. The van der Waals surface area contributed by atoms with Crippen molar-refractivity contribution in [1.82, 2.24) is 19.7 Å². The van der Waals surface area contributed by atoms with Crippen molar-refractivity contribution in [3.05, 3.63) is 48.2 Å². The van der Waals surface area contributed by atoms with E-state index < -0.39 is 0 Å². The molecular formula is C18H20FN5. The number of hydrogen-bond donors (Lipinski definition) is 2. The van der Waals surface area contributed by atoms with Gasteiger partial charge >= 0.3 is 0 Å². The summed E-state index contributed by atoms with van der Waals surface area (Å²) in [5, 5.41) is 6.40. The Bertz CT molecular complexity index is 867. The smallest absolute Gasteiger partial charge is 0.234 e. The van der Waals surface area contributed by atoms with Gasteiger partial charge in [-0.2, -0.15) is 0 Å². The van der Waals surface area contributed by atoms with Crippen LogP contribution in [-0.4, -0.2) is 34.5 Å². The molecule has 1 fully saturated rings. The Morgan fingerprint density at radius 2 is 2.08 bits per heavy atom. The topological polar surface area (TPSA) is 54.2 Å². The maximum atomic E-state index is 14.2. The lowest BCUT2D eigenvalue weighted by Crippen LogP contribution is -2.26. The Morgan fingerprint density at radius 3 is 2.88 bits per heavy atom. The second-order valence-electron chi connectivity index (χ2n) is 6.19. The molecule has 2 aromatic heterocycles. The third-order valence-electron chi connectivity index (χ3n) is 4.67. The molecule has 1 saturated heterocycles. The molecule has 0 radical (unpaired) electrons. The minimum Gasteiger partial charge on any atom is -0.388 e. The molecule has 0 spiro atoms. The van der Waals surface area contributed by atoms with Gasteiger partial charge in [0.15, 0.2) is 0 Å². The molecule has 6 heteroatoms. The summed E-state index contributed by atoms with van der Waals surface area (Å²) in [6.45, 7) is 2.08. The molecule has 1 aliphatic rings. The van der Waals surface area contributed by atoms with Gasteiger partial charge in [-0.25, -0.2) is 14.4 Å². The van der Waals surface area contributed by atoms with Crippen molar-refractivity contribution >= 4 is 11.5 Å². The van der Waals surface area contributed by atoms with E-state index in [0.29, 0.717) is 23.0 Å². The lowest BCUT2D eigenvalue weighted by Gasteiger charge is -2.22. The molecule has 0 atom stereocenters. The van der Waals surface area contributed by atoms with Crippen LogP contribution in [0.25, 0.3) is 17.0 Å². The van der Waals surface area contributed by atoms with Gasteiger partial charge in [-0.1, -0.05) is 0 Å². The van der Waals surface area contributed by atoms with Crippen LogP contribution in [-0.2, 0) is 0 Å². The zero-order chi connectivity index (χ0) is 16.5. The summed E-state index contributed by atoms with van der Waals surface area (Å²) in [7, 11) is 1.81. The van der Waals surface area contributed by atoms with Crippen LogP contribution in [0, 0.1) is 5.82 Å². The summed E-state index contributed by atoms with van der Waals surface area (Å²) in [4.78, 5) is 8.95. The van der Waals surface area contributed by atoms with E-state index in [4.69, 9.17) is 0 Å². The molecule has 2 N–H and O–H groups in total. The van der Waals surface area contributed by atoms with Crippen molar-refractivity contribution in [2.75, 3.05) is 25.5 Å². The molecule has 0 bridgehead atoms. The van der Waals surface area contributed by atoms with Gasteiger partial charge in [0.25, 0.3) is 0 Å². The third kappa shape index (κ3) is 2.73. The van der Waals surface area contributed by atoms with E-state index in [1.54, 1.807) is 12.1 Å². The molecular weight excluding hydrogens is 305 g/mol. The SMILES string of the molecule is CNc1ccc(F)c(-c2cn3cc(C4CCNCC4)cnc3n2)c1. The molecule has 24 heavy (non-hydrogen) atoms. The molecule has 3 heterocycles. The maximum Gasteiger partial charge on any atom is 0.234 e. The molecule has 4 rings (SSSR count). The van der Waals surface area contributed by atoms with Crippen LogP contribution in [0.3, 0.4) is 0 Å². The highest BCUT2D eigenvalue weighted by molar-refractivity contribution is 5.67. The first kappa shape index (κ1) is 15.1. The summed E-state index contributed by atoms with van der Waals surface area (Å²) >= 11 is 0. The van der Waals surface area contributed by atoms with Gasteiger partial charge in [0.2, 0.25) is 5.78 Å². The van der Waals surface area contributed by atoms with E-state index in [-0.39, 0.29) is 5.82 Å². The Labute approximate surface area is 139 Å². The Kier molecular flexibility index (Phi) is 3.90. The highest BCUT2D eigenvalue weighted by Crippen LogP contribution is 2.27. The fourth-order valence-electron chi connectivity index (χ4n) is 3.27. The fourth-order valence-corrected chi connectivity index (χ4v) is 3.27. The summed E-state index contributed by atoms with van der Waals surface area (Å²) in [6, 6.07) is 4.94. The van der Waals surface area contributed by atoms with Gasteiger partial charge in [0, 0.05) is 36.9 Å². The number of aromatic nitrogens is 3. The fraction of sp³-hybridized carbons (Fsp3) is 0.333. The molecule has 124 valence electrons. The van der Waals surface area contributed by atoms with Crippen LogP contribution >= 0.6 is 0 Å². The van der Waals surface area contributed by atoms with E-state index >= 15 is 0 Å². The van der Waals surface area contributed by atoms with Crippen LogP contribution in [0.5, 0.6) is 0 Å². The molecule has 5 nitrogen and oxygen atoms in total. The third-order valence-corrected chi connectivity index (χ3v) is 4.67. The standard InChI is InChI=1S/C18H20FN5/c1-20-14-2-3-16(19)15(8-14)17-11-24-10-13(9-22-18(24)23-17)12-4-6-21-7-5-12/h2-3,8-12,20-21H,4-7H2,1H3. The number of nitrogens with one attached hydrogen (secondary N) is 2. The van der Waals surface area contributed by atoms with Crippen molar-refractivity contribution in [2.45, 2.75) is 18.8 Å². The number of anilines is 1. The van der Waals surface area contributed by atoms with E-state index in [2.05, 4.69) is 26.8 Å². The quantitative estimate of drug-likeness (QED) is 0.777. The van der Waals surface area contributed by atoms with E-state index in [9.17, 15) is 4.39 Å². The average Bonchev–Trinajstić information content (AvgIpc) is 3.06. The van der Waals surface area contributed by atoms with Crippen LogP contribution in [0.15, 0.2) is 36.8 Å². The monoisotopic (exact) mass is 325 g/mol. The second-order valence-corrected chi connectivity index (χ2v) is 6.19. The predicted molar refractivity (Wildman–Crippen MR) is 92.8 cm³/mol. The first-order chi connectivity index (χ1) is 11.7. The first-order valence-corrected chi connectivity index (χ1v) is 8.27. The zero-order valence-corrected chi connectivity index (χ0v) is 13.6. The average molecular weight is 325 g/mol. The van der Waals surface area contributed by atoms with E-state index in [1.807, 2.05) is 23.8 Å². The minimum atomic E-state index is -0.281. The van der Waals surface area contributed by atoms with Crippen LogP contribution < -0.4 is 10.6 Å². The number of piperidine rings is 1. The van der Waals surface area contributed by atoms with Gasteiger partial charge in [0.1, 0.15) is 5.82 Å². The first-order valence-electron chi connectivity index (χ1n) is 8.27. The predicted octanol–water partition coefficient (Wildman–Crippen LogP) is 3.04. The Hall–Kier alpha value is -2.47. The summed E-state index contributed by atoms with van der Waals surface area (Å²) in [6.07, 6.45) is 8.07. The van der Waals surface area contributed by atoms with Crippen molar-refractivity contribution in [3.63, 3.8) is 0 Å². The highest BCUT2D eigenvalue weighted by Gasteiger charge is 2.17. The van der Waals surface area contributed by atoms with Crippen LogP contribution in [0.4, 0.5) is 10.1 Å². The number of nitrogens with zero attached hydrogens (tertiary/aromatic N) is 3. The number of imidazole rings is 1. The molecule has 0 amide bonds. The number of rotatable bonds is 3. The lowest BCUT2D eigenvalue weighted by atomic mass is 9.92. The van der Waals surface area contributed by atoms with Gasteiger partial charge in [-0.15, -0.1) is 0 Å². The number of halogens is 1. The molecule has 0 aliphatic carbocycles. The summed E-state index contributed by atoms with van der Waals surface area (Å²) in [5.41, 5.74) is 3.15. The summed E-state index contributed by atoms with van der Waals surface area (Å²) < 4.78 is 16.1. The molecule has 1 aromatic carbocycles. The number of hydrogen-bond acceptors (Lipinski definition) is 4. The molecule has 0 unspecified atom stereocenters. The molecule has 3 aromatic rings. The van der Waals surface area contributed by atoms with Gasteiger partial charge in [-0.3, -0.25) is 4.40 Å². The van der Waals surface area contributed by atoms with Crippen LogP contribution in [0.1, 0.15) is 24.3 Å². The van der Waals surface area contributed by atoms with Crippen molar-refractivity contribution < 1.29 is 4.39 Å². The van der Waals surface area contributed by atoms with Crippen molar-refractivity contribution in [3.8, 4) is 11.3 Å². The van der Waals surface area contributed by atoms with Gasteiger partial charge < -0.3 is 10.6 Å². The maximum absolute atomic E-state index is 14.2. The zero-order valence-electron chi connectivity index (χ0n) is 13.6.